The van der Waals surface area contributed by atoms with E-state index in [-0.39, 0.29) is 12.6 Å². The molecule has 2 aliphatic rings. The SMILES string of the molecule is COC(=O)C1(NC2CC2)CCC(SCC(C)CO)C1. The molecule has 0 heterocycles. The zero-order chi connectivity index (χ0) is 13.9. The van der Waals surface area contributed by atoms with Gasteiger partial charge in [0, 0.05) is 17.9 Å². The molecule has 2 saturated carbocycles. The molecule has 4 nitrogen and oxygen atoms in total. The third-order valence-corrected chi connectivity index (χ3v) is 5.67. The Bertz CT molecular complexity index is 322. The molecule has 0 amide bonds. The maximum Gasteiger partial charge on any atom is 0.326 e. The van der Waals surface area contributed by atoms with Gasteiger partial charge in [-0.05, 0) is 43.8 Å². The van der Waals surface area contributed by atoms with E-state index < -0.39 is 5.54 Å². The van der Waals surface area contributed by atoms with Crippen LogP contribution in [-0.2, 0) is 9.53 Å². The lowest BCUT2D eigenvalue weighted by molar-refractivity contribution is -0.148. The first-order valence-corrected chi connectivity index (χ1v) is 8.23. The summed E-state index contributed by atoms with van der Waals surface area (Å²) < 4.78 is 5.01. The topological polar surface area (TPSA) is 58.6 Å². The maximum absolute atomic E-state index is 12.1. The van der Waals surface area contributed by atoms with Crippen LogP contribution in [0.4, 0.5) is 0 Å². The molecule has 3 unspecified atom stereocenters. The summed E-state index contributed by atoms with van der Waals surface area (Å²) in [6, 6.07) is 0.513. The molecule has 0 aliphatic heterocycles. The van der Waals surface area contributed by atoms with E-state index in [1.165, 1.54) is 20.0 Å². The van der Waals surface area contributed by atoms with Crippen molar-refractivity contribution in [3.8, 4) is 0 Å². The van der Waals surface area contributed by atoms with Crippen LogP contribution < -0.4 is 5.32 Å². The number of nitrogens with one attached hydrogen (secondary N) is 1. The molecule has 0 aromatic rings. The predicted molar refractivity (Wildman–Crippen MR) is 77.3 cm³/mol. The number of methoxy groups -OCH3 is 1. The number of rotatable bonds is 7. The van der Waals surface area contributed by atoms with E-state index in [9.17, 15) is 4.79 Å². The van der Waals surface area contributed by atoms with E-state index in [1.54, 1.807) is 0 Å². The highest BCUT2D eigenvalue weighted by atomic mass is 32.2. The number of hydrogen-bond acceptors (Lipinski definition) is 5. The molecule has 2 aliphatic carbocycles. The first-order chi connectivity index (χ1) is 9.09. The molecule has 0 bridgehead atoms. The second-order valence-electron chi connectivity index (χ2n) is 5.98. The number of thioether (sulfide) groups is 1. The maximum atomic E-state index is 12.1. The number of hydrogen-bond donors (Lipinski definition) is 2. The van der Waals surface area contributed by atoms with Crippen LogP contribution in [-0.4, -0.2) is 47.4 Å². The highest BCUT2D eigenvalue weighted by Gasteiger charge is 2.48. The molecule has 19 heavy (non-hydrogen) atoms. The van der Waals surface area contributed by atoms with Gasteiger partial charge in [-0.1, -0.05) is 6.92 Å². The van der Waals surface area contributed by atoms with Crippen LogP contribution in [0.1, 0.15) is 39.0 Å². The average Bonchev–Trinajstić information content (AvgIpc) is 3.13. The first-order valence-electron chi connectivity index (χ1n) is 7.18. The molecular weight excluding hydrogens is 262 g/mol. The molecule has 3 atom stereocenters. The minimum absolute atomic E-state index is 0.0993. The van der Waals surface area contributed by atoms with Gasteiger partial charge in [-0.15, -0.1) is 0 Å². The Balaban J connectivity index is 1.89. The molecule has 110 valence electrons. The third-order valence-electron chi connectivity index (χ3n) is 4.03. The van der Waals surface area contributed by atoms with Gasteiger partial charge in [0.1, 0.15) is 5.54 Å². The van der Waals surface area contributed by atoms with Crippen molar-refractivity contribution < 1.29 is 14.6 Å². The van der Waals surface area contributed by atoms with Crippen molar-refractivity contribution in [1.82, 2.24) is 5.32 Å². The summed E-state index contributed by atoms with van der Waals surface area (Å²) in [5, 5.41) is 13.1. The summed E-state index contributed by atoms with van der Waals surface area (Å²) in [5.74, 6) is 1.19. The largest absolute Gasteiger partial charge is 0.468 e. The Morgan fingerprint density at radius 2 is 2.26 bits per heavy atom. The van der Waals surface area contributed by atoms with Crippen LogP contribution in [0, 0.1) is 5.92 Å². The molecule has 0 radical (unpaired) electrons. The van der Waals surface area contributed by atoms with E-state index in [0.29, 0.717) is 17.2 Å². The Morgan fingerprint density at radius 1 is 1.53 bits per heavy atom. The van der Waals surface area contributed by atoms with Crippen LogP contribution in [0.25, 0.3) is 0 Å². The minimum atomic E-state index is -0.448. The summed E-state index contributed by atoms with van der Waals surface area (Å²) in [6.45, 7) is 2.29. The standard InChI is InChI=1S/C14H25NO3S/c1-10(8-16)9-19-12-5-6-14(7-12,13(17)18-2)15-11-3-4-11/h10-12,15-16H,3-9H2,1-2H3. The van der Waals surface area contributed by atoms with E-state index in [2.05, 4.69) is 12.2 Å². The fraction of sp³-hybridized carbons (Fsp3) is 0.929. The van der Waals surface area contributed by atoms with Crippen LogP contribution in [0.2, 0.25) is 0 Å². The van der Waals surface area contributed by atoms with E-state index >= 15 is 0 Å². The van der Waals surface area contributed by atoms with Gasteiger partial charge in [0.15, 0.2) is 0 Å². The van der Waals surface area contributed by atoms with Crippen molar-refractivity contribution in [2.24, 2.45) is 5.92 Å². The molecule has 0 aromatic carbocycles. The lowest BCUT2D eigenvalue weighted by Crippen LogP contribution is -2.52. The molecule has 2 rings (SSSR count). The quantitative estimate of drug-likeness (QED) is 0.696. The van der Waals surface area contributed by atoms with Crippen molar-refractivity contribution in [1.29, 1.82) is 0 Å². The average molecular weight is 287 g/mol. The smallest absolute Gasteiger partial charge is 0.326 e. The fourth-order valence-corrected chi connectivity index (χ4v) is 4.08. The van der Waals surface area contributed by atoms with Crippen LogP contribution in [0.15, 0.2) is 0 Å². The number of aliphatic hydroxyl groups is 1. The van der Waals surface area contributed by atoms with Crippen LogP contribution >= 0.6 is 11.8 Å². The van der Waals surface area contributed by atoms with E-state index in [0.717, 1.165) is 25.0 Å². The number of ether oxygens (including phenoxy) is 1. The lowest BCUT2D eigenvalue weighted by atomic mass is 9.97. The van der Waals surface area contributed by atoms with Gasteiger partial charge in [-0.2, -0.15) is 11.8 Å². The number of esters is 1. The number of carbonyl (C=O) groups excluding carboxylic acids is 1. The fourth-order valence-electron chi connectivity index (χ4n) is 2.68. The van der Waals surface area contributed by atoms with Crippen molar-refractivity contribution in [3.63, 3.8) is 0 Å². The van der Waals surface area contributed by atoms with Gasteiger partial charge < -0.3 is 9.84 Å². The number of aliphatic hydroxyl groups excluding tert-OH is 1. The second kappa shape index (κ2) is 6.46. The Labute approximate surface area is 119 Å². The van der Waals surface area contributed by atoms with Gasteiger partial charge >= 0.3 is 5.97 Å². The molecule has 0 spiro atoms. The van der Waals surface area contributed by atoms with Gasteiger partial charge in [-0.25, -0.2) is 0 Å². The Kier molecular flexibility index (Phi) is 5.15. The molecule has 0 aromatic heterocycles. The molecule has 2 N–H and O–H groups in total. The van der Waals surface area contributed by atoms with Crippen molar-refractivity contribution in [3.05, 3.63) is 0 Å². The van der Waals surface area contributed by atoms with E-state index in [1.807, 2.05) is 11.8 Å². The van der Waals surface area contributed by atoms with Gasteiger partial charge in [0.05, 0.1) is 7.11 Å². The molecule has 5 heteroatoms. The highest BCUT2D eigenvalue weighted by Crippen LogP contribution is 2.40. The number of carbonyl (C=O) groups is 1. The van der Waals surface area contributed by atoms with Crippen molar-refractivity contribution in [2.45, 2.75) is 55.9 Å². The van der Waals surface area contributed by atoms with Crippen LogP contribution in [0.3, 0.4) is 0 Å². The monoisotopic (exact) mass is 287 g/mol. The van der Waals surface area contributed by atoms with Crippen molar-refractivity contribution in [2.75, 3.05) is 19.5 Å². The van der Waals surface area contributed by atoms with Crippen molar-refractivity contribution >= 4 is 17.7 Å². The lowest BCUT2D eigenvalue weighted by Gasteiger charge is -2.28. The second-order valence-corrected chi connectivity index (χ2v) is 7.31. The third kappa shape index (κ3) is 3.86. The molecule has 0 saturated heterocycles. The summed E-state index contributed by atoms with van der Waals surface area (Å²) in [6.07, 6.45) is 5.15. The summed E-state index contributed by atoms with van der Waals surface area (Å²) in [4.78, 5) is 12.1. The van der Waals surface area contributed by atoms with E-state index in [4.69, 9.17) is 9.84 Å². The zero-order valence-electron chi connectivity index (χ0n) is 11.9. The summed E-state index contributed by atoms with van der Waals surface area (Å²) in [5.41, 5.74) is -0.448. The summed E-state index contributed by atoms with van der Waals surface area (Å²) in [7, 11) is 1.48. The Hall–Kier alpha value is -0.260. The summed E-state index contributed by atoms with van der Waals surface area (Å²) >= 11 is 1.89. The Morgan fingerprint density at radius 3 is 2.84 bits per heavy atom. The first kappa shape index (κ1) is 15.1. The van der Waals surface area contributed by atoms with Gasteiger partial charge in [0.25, 0.3) is 0 Å². The van der Waals surface area contributed by atoms with Gasteiger partial charge in [-0.3, -0.25) is 10.1 Å². The molecule has 2 fully saturated rings. The zero-order valence-corrected chi connectivity index (χ0v) is 12.7. The van der Waals surface area contributed by atoms with Crippen LogP contribution in [0.5, 0.6) is 0 Å². The minimum Gasteiger partial charge on any atom is -0.468 e. The van der Waals surface area contributed by atoms with Gasteiger partial charge in [0.2, 0.25) is 0 Å². The predicted octanol–water partition coefficient (Wildman–Crippen LogP) is 1.56. The molecular formula is C14H25NO3S. The highest BCUT2D eigenvalue weighted by molar-refractivity contribution is 7.99. The normalized spacial score (nSPS) is 32.3.